The third kappa shape index (κ3) is 5.43. The maximum atomic E-state index is 11.9. The second-order valence-corrected chi connectivity index (χ2v) is 5.60. The summed E-state index contributed by atoms with van der Waals surface area (Å²) >= 11 is 0. The Morgan fingerprint density at radius 1 is 1.04 bits per heavy atom. The molecule has 0 unspecified atom stereocenters. The number of rotatable bonds is 6. The van der Waals surface area contributed by atoms with Crippen LogP contribution in [0.2, 0.25) is 0 Å². The van der Waals surface area contributed by atoms with Gasteiger partial charge < -0.3 is 14.8 Å². The second-order valence-electron chi connectivity index (χ2n) is 5.60. The molecule has 5 heteroatoms. The zero-order valence-electron chi connectivity index (χ0n) is 14.0. The lowest BCUT2D eigenvalue weighted by Gasteiger charge is -2.14. The summed E-state index contributed by atoms with van der Waals surface area (Å²) in [5.74, 6) is -0.394. The van der Waals surface area contributed by atoms with Crippen molar-refractivity contribution in [1.82, 2.24) is 0 Å². The zero-order valence-corrected chi connectivity index (χ0v) is 14.0. The highest BCUT2D eigenvalue weighted by molar-refractivity contribution is 5.93. The van der Waals surface area contributed by atoms with Gasteiger partial charge in [0.1, 0.15) is 5.75 Å². The summed E-state index contributed by atoms with van der Waals surface area (Å²) in [6.07, 6.45) is -0.793. The normalized spacial score (nSPS) is 11.5. The monoisotopic (exact) mass is 327 g/mol. The van der Waals surface area contributed by atoms with Gasteiger partial charge in [0, 0.05) is 5.69 Å². The predicted molar refractivity (Wildman–Crippen MR) is 92.0 cm³/mol. The summed E-state index contributed by atoms with van der Waals surface area (Å²) in [7, 11) is 0. The van der Waals surface area contributed by atoms with Crippen molar-refractivity contribution in [3.05, 3.63) is 59.7 Å². The van der Waals surface area contributed by atoms with Crippen molar-refractivity contribution in [1.29, 1.82) is 0 Å². The van der Waals surface area contributed by atoms with E-state index < -0.39 is 18.0 Å². The first-order valence-corrected chi connectivity index (χ1v) is 7.70. The molecule has 0 radical (unpaired) electrons. The van der Waals surface area contributed by atoms with E-state index in [-0.39, 0.29) is 6.61 Å². The lowest BCUT2D eigenvalue weighted by atomic mass is 10.2. The summed E-state index contributed by atoms with van der Waals surface area (Å²) in [6.45, 7) is 5.13. The number of benzene rings is 2. The van der Waals surface area contributed by atoms with E-state index in [1.54, 1.807) is 25.1 Å². The average molecular weight is 327 g/mol. The zero-order chi connectivity index (χ0) is 17.5. The molecule has 0 spiro atoms. The molecule has 1 N–H and O–H groups in total. The van der Waals surface area contributed by atoms with Crippen molar-refractivity contribution < 1.29 is 19.1 Å². The number of carbonyl (C=O) groups excluding carboxylic acids is 2. The minimum absolute atomic E-state index is 0.353. The standard InChI is InChI=1S/C19H21NO4/c1-13-7-9-16(10-8-13)20-18(21)12-23-19(22)15(3)24-17-6-4-5-14(2)11-17/h4-11,15H,12H2,1-3H3,(H,20,21)/t15-/m0/s1. The number of hydrogen-bond donors (Lipinski definition) is 1. The Morgan fingerprint density at radius 2 is 1.75 bits per heavy atom. The molecule has 0 heterocycles. The third-order valence-electron chi connectivity index (χ3n) is 3.32. The Morgan fingerprint density at radius 3 is 2.42 bits per heavy atom. The Kier molecular flexibility index (Phi) is 5.95. The van der Waals surface area contributed by atoms with Crippen LogP contribution < -0.4 is 10.1 Å². The molecule has 0 bridgehead atoms. The molecule has 2 rings (SSSR count). The molecule has 2 aromatic carbocycles. The maximum absolute atomic E-state index is 11.9. The molecule has 0 saturated heterocycles. The van der Waals surface area contributed by atoms with E-state index in [4.69, 9.17) is 9.47 Å². The van der Waals surface area contributed by atoms with Crippen LogP contribution in [0, 0.1) is 13.8 Å². The SMILES string of the molecule is Cc1ccc(NC(=O)COC(=O)[C@H](C)Oc2cccc(C)c2)cc1. The molecule has 2 aromatic rings. The fourth-order valence-electron chi connectivity index (χ4n) is 2.03. The first-order valence-electron chi connectivity index (χ1n) is 7.70. The van der Waals surface area contributed by atoms with Gasteiger partial charge in [0.2, 0.25) is 0 Å². The number of nitrogens with one attached hydrogen (secondary N) is 1. The van der Waals surface area contributed by atoms with Gasteiger partial charge in [-0.15, -0.1) is 0 Å². The summed E-state index contributed by atoms with van der Waals surface area (Å²) < 4.78 is 10.5. The van der Waals surface area contributed by atoms with E-state index >= 15 is 0 Å². The molecule has 0 aliphatic carbocycles. The largest absolute Gasteiger partial charge is 0.479 e. The van der Waals surface area contributed by atoms with Gasteiger partial charge in [-0.2, -0.15) is 0 Å². The highest BCUT2D eigenvalue weighted by atomic mass is 16.6. The van der Waals surface area contributed by atoms with E-state index in [9.17, 15) is 9.59 Å². The second kappa shape index (κ2) is 8.15. The molecule has 0 aromatic heterocycles. The van der Waals surface area contributed by atoms with Gasteiger partial charge in [-0.05, 0) is 50.6 Å². The van der Waals surface area contributed by atoms with Crippen LogP contribution in [0.3, 0.4) is 0 Å². The molecule has 24 heavy (non-hydrogen) atoms. The van der Waals surface area contributed by atoms with Gasteiger partial charge in [0.05, 0.1) is 0 Å². The molecule has 0 saturated carbocycles. The van der Waals surface area contributed by atoms with Crippen molar-refractivity contribution in [2.45, 2.75) is 26.9 Å². The molecular formula is C19H21NO4. The highest BCUT2D eigenvalue weighted by Gasteiger charge is 2.17. The van der Waals surface area contributed by atoms with Crippen molar-refractivity contribution in [3.63, 3.8) is 0 Å². The van der Waals surface area contributed by atoms with E-state index in [1.165, 1.54) is 0 Å². The Balaban J connectivity index is 1.79. The van der Waals surface area contributed by atoms with Crippen LogP contribution in [0.1, 0.15) is 18.1 Å². The first kappa shape index (κ1) is 17.5. The van der Waals surface area contributed by atoms with Gasteiger partial charge in [-0.3, -0.25) is 4.79 Å². The molecule has 1 amide bonds. The number of aryl methyl sites for hydroxylation is 2. The van der Waals surface area contributed by atoms with E-state index in [0.717, 1.165) is 11.1 Å². The highest BCUT2D eigenvalue weighted by Crippen LogP contribution is 2.14. The molecular weight excluding hydrogens is 306 g/mol. The minimum Gasteiger partial charge on any atom is -0.479 e. The van der Waals surface area contributed by atoms with Gasteiger partial charge in [0.15, 0.2) is 12.7 Å². The number of ether oxygens (including phenoxy) is 2. The fourth-order valence-corrected chi connectivity index (χ4v) is 2.03. The maximum Gasteiger partial charge on any atom is 0.347 e. The van der Waals surface area contributed by atoms with E-state index in [0.29, 0.717) is 11.4 Å². The number of carbonyl (C=O) groups is 2. The summed E-state index contributed by atoms with van der Waals surface area (Å²) in [5, 5.41) is 2.66. The van der Waals surface area contributed by atoms with Crippen LogP contribution >= 0.6 is 0 Å². The van der Waals surface area contributed by atoms with Crippen molar-refractivity contribution in [2.75, 3.05) is 11.9 Å². The fraction of sp³-hybridized carbons (Fsp3) is 0.263. The molecule has 5 nitrogen and oxygen atoms in total. The predicted octanol–water partition coefficient (Wildman–Crippen LogP) is 3.25. The van der Waals surface area contributed by atoms with Crippen molar-refractivity contribution in [3.8, 4) is 5.75 Å². The summed E-state index contributed by atoms with van der Waals surface area (Å²) in [5.41, 5.74) is 2.79. The minimum atomic E-state index is -0.793. The quantitative estimate of drug-likeness (QED) is 0.827. The smallest absolute Gasteiger partial charge is 0.347 e. The van der Waals surface area contributed by atoms with Gasteiger partial charge in [0.25, 0.3) is 5.91 Å². The van der Waals surface area contributed by atoms with Crippen LogP contribution in [0.4, 0.5) is 5.69 Å². The van der Waals surface area contributed by atoms with Gasteiger partial charge >= 0.3 is 5.97 Å². The Bertz CT molecular complexity index is 710. The molecule has 126 valence electrons. The first-order chi connectivity index (χ1) is 11.4. The molecule has 0 aliphatic heterocycles. The van der Waals surface area contributed by atoms with E-state index in [1.807, 2.05) is 44.2 Å². The number of anilines is 1. The Hall–Kier alpha value is -2.82. The Labute approximate surface area is 141 Å². The molecule has 0 fully saturated rings. The van der Waals surface area contributed by atoms with Crippen LogP contribution in [-0.4, -0.2) is 24.6 Å². The summed E-state index contributed by atoms with van der Waals surface area (Å²) in [6, 6.07) is 14.7. The number of amides is 1. The van der Waals surface area contributed by atoms with Gasteiger partial charge in [-0.1, -0.05) is 29.8 Å². The van der Waals surface area contributed by atoms with Crippen LogP contribution in [0.5, 0.6) is 5.75 Å². The topological polar surface area (TPSA) is 64.6 Å². The van der Waals surface area contributed by atoms with E-state index in [2.05, 4.69) is 5.32 Å². The number of hydrogen-bond acceptors (Lipinski definition) is 4. The molecule has 1 atom stereocenters. The lowest BCUT2D eigenvalue weighted by molar-refractivity contribution is -0.153. The van der Waals surface area contributed by atoms with Crippen LogP contribution in [0.25, 0.3) is 0 Å². The van der Waals surface area contributed by atoms with Crippen molar-refractivity contribution >= 4 is 17.6 Å². The van der Waals surface area contributed by atoms with Gasteiger partial charge in [-0.25, -0.2) is 4.79 Å². The van der Waals surface area contributed by atoms with Crippen LogP contribution in [-0.2, 0) is 14.3 Å². The average Bonchev–Trinajstić information content (AvgIpc) is 2.54. The summed E-state index contributed by atoms with van der Waals surface area (Å²) in [4.78, 5) is 23.7. The third-order valence-corrected chi connectivity index (χ3v) is 3.32. The van der Waals surface area contributed by atoms with Crippen molar-refractivity contribution in [2.24, 2.45) is 0 Å². The lowest BCUT2D eigenvalue weighted by Crippen LogP contribution is -2.29. The number of esters is 1. The molecule has 0 aliphatic rings. The van der Waals surface area contributed by atoms with Crippen LogP contribution in [0.15, 0.2) is 48.5 Å².